The first kappa shape index (κ1) is 19.6. The minimum absolute atomic E-state index is 0.157. The van der Waals surface area contributed by atoms with Gasteiger partial charge in [-0.3, -0.25) is 14.3 Å². The van der Waals surface area contributed by atoms with Crippen molar-refractivity contribution in [1.29, 1.82) is 0 Å². The number of H-pyrrole nitrogens is 1. The Morgan fingerprint density at radius 3 is 2.60 bits per heavy atom. The van der Waals surface area contributed by atoms with Crippen LogP contribution in [0.5, 0.6) is 5.75 Å². The fourth-order valence-electron chi connectivity index (χ4n) is 3.33. The van der Waals surface area contributed by atoms with Crippen LogP contribution in [-0.4, -0.2) is 29.3 Å². The number of ether oxygens (including phenoxy) is 1. The average Bonchev–Trinajstić information content (AvgIpc) is 3.40. The van der Waals surface area contributed by atoms with Crippen LogP contribution in [0.25, 0.3) is 22.6 Å². The van der Waals surface area contributed by atoms with Crippen molar-refractivity contribution in [3.63, 3.8) is 0 Å². The molecule has 0 saturated carbocycles. The van der Waals surface area contributed by atoms with Gasteiger partial charge in [-0.05, 0) is 37.6 Å². The van der Waals surface area contributed by atoms with Gasteiger partial charge in [-0.1, -0.05) is 13.3 Å². The molecule has 0 unspecified atom stereocenters. The van der Waals surface area contributed by atoms with E-state index in [2.05, 4.69) is 20.2 Å². The van der Waals surface area contributed by atoms with Crippen molar-refractivity contribution in [2.24, 2.45) is 0 Å². The Labute approximate surface area is 171 Å². The lowest BCUT2D eigenvalue weighted by molar-refractivity contribution is 0.290. The van der Waals surface area contributed by atoms with Gasteiger partial charge in [0.25, 0.3) is 5.56 Å². The Balaban J connectivity index is 1.63. The van der Waals surface area contributed by atoms with Gasteiger partial charge in [0.1, 0.15) is 18.2 Å². The molecule has 156 valence electrons. The van der Waals surface area contributed by atoms with E-state index in [9.17, 15) is 9.59 Å². The first-order valence-corrected chi connectivity index (χ1v) is 9.84. The third-order valence-corrected chi connectivity index (χ3v) is 4.85. The van der Waals surface area contributed by atoms with Crippen molar-refractivity contribution in [1.82, 2.24) is 29.3 Å². The summed E-state index contributed by atoms with van der Waals surface area (Å²) < 4.78 is 14.4. The molecule has 4 aromatic rings. The number of imidazole rings is 1. The van der Waals surface area contributed by atoms with Crippen LogP contribution in [0.1, 0.15) is 32.5 Å². The highest BCUT2D eigenvalue weighted by molar-refractivity contribution is 5.71. The van der Waals surface area contributed by atoms with Gasteiger partial charge in [0, 0.05) is 18.7 Å². The molecule has 10 nitrogen and oxygen atoms in total. The first-order valence-electron chi connectivity index (χ1n) is 9.84. The van der Waals surface area contributed by atoms with E-state index in [-0.39, 0.29) is 6.61 Å². The molecule has 10 heteroatoms. The number of aryl methyl sites for hydroxylation is 2. The molecule has 0 radical (unpaired) electrons. The fraction of sp³-hybridized carbons (Fsp3) is 0.350. The van der Waals surface area contributed by atoms with Gasteiger partial charge in [-0.15, -0.1) is 10.2 Å². The molecular formula is C20H22N6O4. The third-order valence-electron chi connectivity index (χ3n) is 4.85. The predicted molar refractivity (Wildman–Crippen MR) is 109 cm³/mol. The van der Waals surface area contributed by atoms with Crippen LogP contribution in [0.15, 0.2) is 44.7 Å². The maximum absolute atomic E-state index is 12.5. The molecule has 3 heterocycles. The standard InChI is InChI=1S/C20H22N6O4/c1-3-5-10-26-17-16(18(27)23-20(26)28)25(4-2)15(22-17)11-29-14-8-6-13(7-9-14)19-24-21-12-30-19/h6-9,12H,3-5,10-11H2,1-2H3,(H,23,27,28). The summed E-state index contributed by atoms with van der Waals surface area (Å²) >= 11 is 0. The molecule has 0 bridgehead atoms. The molecule has 1 aromatic carbocycles. The van der Waals surface area contributed by atoms with Gasteiger partial charge in [0.2, 0.25) is 12.3 Å². The summed E-state index contributed by atoms with van der Waals surface area (Å²) in [5.41, 5.74) is 0.688. The highest BCUT2D eigenvalue weighted by Gasteiger charge is 2.18. The summed E-state index contributed by atoms with van der Waals surface area (Å²) in [6, 6.07) is 7.22. The summed E-state index contributed by atoms with van der Waals surface area (Å²) in [5.74, 6) is 1.64. The Morgan fingerprint density at radius 2 is 1.93 bits per heavy atom. The van der Waals surface area contributed by atoms with Gasteiger partial charge in [0.05, 0.1) is 0 Å². The molecule has 0 atom stereocenters. The second-order valence-corrected chi connectivity index (χ2v) is 6.77. The van der Waals surface area contributed by atoms with Gasteiger partial charge in [-0.25, -0.2) is 9.78 Å². The predicted octanol–water partition coefficient (Wildman–Crippen LogP) is 2.34. The third kappa shape index (κ3) is 3.63. The van der Waals surface area contributed by atoms with Crippen molar-refractivity contribution >= 4 is 11.2 Å². The zero-order chi connectivity index (χ0) is 21.1. The lowest BCUT2D eigenvalue weighted by atomic mass is 10.2. The van der Waals surface area contributed by atoms with Crippen molar-refractivity contribution in [2.45, 2.75) is 46.4 Å². The van der Waals surface area contributed by atoms with Gasteiger partial charge < -0.3 is 13.7 Å². The molecule has 4 rings (SSSR count). The largest absolute Gasteiger partial charge is 0.486 e. The van der Waals surface area contributed by atoms with E-state index in [1.807, 2.05) is 26.0 Å². The number of aromatic nitrogens is 6. The van der Waals surface area contributed by atoms with Crippen LogP contribution in [0.2, 0.25) is 0 Å². The number of nitrogens with zero attached hydrogens (tertiary/aromatic N) is 5. The molecule has 0 fully saturated rings. The maximum atomic E-state index is 12.5. The molecule has 30 heavy (non-hydrogen) atoms. The smallest absolute Gasteiger partial charge is 0.330 e. The second-order valence-electron chi connectivity index (χ2n) is 6.77. The van der Waals surface area contributed by atoms with Crippen molar-refractivity contribution in [2.75, 3.05) is 0 Å². The molecule has 0 amide bonds. The molecule has 0 spiro atoms. The molecule has 0 saturated heterocycles. The van der Waals surface area contributed by atoms with Gasteiger partial charge >= 0.3 is 5.69 Å². The van der Waals surface area contributed by atoms with Gasteiger partial charge in [0.15, 0.2) is 11.2 Å². The first-order chi connectivity index (χ1) is 14.6. The van der Waals surface area contributed by atoms with E-state index in [4.69, 9.17) is 9.15 Å². The fourth-order valence-corrected chi connectivity index (χ4v) is 3.33. The Morgan fingerprint density at radius 1 is 1.13 bits per heavy atom. The minimum Gasteiger partial charge on any atom is -0.486 e. The summed E-state index contributed by atoms with van der Waals surface area (Å²) in [4.78, 5) is 31.7. The van der Waals surface area contributed by atoms with Crippen molar-refractivity contribution < 1.29 is 9.15 Å². The Kier molecular flexibility index (Phi) is 5.46. The lowest BCUT2D eigenvalue weighted by Gasteiger charge is -2.08. The Hall–Kier alpha value is -3.69. The summed E-state index contributed by atoms with van der Waals surface area (Å²) in [7, 11) is 0. The van der Waals surface area contributed by atoms with E-state index in [0.717, 1.165) is 18.4 Å². The normalized spacial score (nSPS) is 11.3. The average molecular weight is 410 g/mol. The number of hydrogen-bond donors (Lipinski definition) is 1. The van der Waals surface area contributed by atoms with Crippen LogP contribution < -0.4 is 16.0 Å². The maximum Gasteiger partial charge on any atom is 0.330 e. The molecule has 0 aliphatic carbocycles. The highest BCUT2D eigenvalue weighted by atomic mass is 16.5. The number of rotatable bonds is 8. The van der Waals surface area contributed by atoms with E-state index in [1.165, 1.54) is 11.0 Å². The van der Waals surface area contributed by atoms with Crippen molar-refractivity contribution in [3.8, 4) is 17.2 Å². The lowest BCUT2D eigenvalue weighted by Crippen LogP contribution is -2.31. The number of unbranched alkanes of at least 4 members (excludes halogenated alkanes) is 1. The van der Waals surface area contributed by atoms with E-state index in [0.29, 0.717) is 41.7 Å². The van der Waals surface area contributed by atoms with Crippen LogP contribution in [0, 0.1) is 0 Å². The molecule has 3 aromatic heterocycles. The number of nitrogens with one attached hydrogen (secondary N) is 1. The number of fused-ring (bicyclic) bond motifs is 1. The summed E-state index contributed by atoms with van der Waals surface area (Å²) in [6.45, 7) is 5.15. The summed E-state index contributed by atoms with van der Waals surface area (Å²) in [6.07, 6.45) is 3.02. The van der Waals surface area contributed by atoms with Gasteiger partial charge in [-0.2, -0.15) is 0 Å². The number of aromatic amines is 1. The van der Waals surface area contributed by atoms with E-state index < -0.39 is 11.2 Å². The topological polar surface area (TPSA) is 121 Å². The Bertz CT molecular complexity index is 1250. The number of benzene rings is 1. The second kappa shape index (κ2) is 8.36. The molecule has 1 N–H and O–H groups in total. The van der Waals surface area contributed by atoms with Crippen LogP contribution >= 0.6 is 0 Å². The molecule has 0 aliphatic heterocycles. The molecular weight excluding hydrogens is 388 g/mol. The van der Waals surface area contributed by atoms with Crippen LogP contribution in [-0.2, 0) is 19.7 Å². The van der Waals surface area contributed by atoms with Crippen LogP contribution in [0.3, 0.4) is 0 Å². The monoisotopic (exact) mass is 410 g/mol. The zero-order valence-corrected chi connectivity index (χ0v) is 16.8. The van der Waals surface area contributed by atoms with E-state index >= 15 is 0 Å². The number of hydrogen-bond acceptors (Lipinski definition) is 7. The quantitative estimate of drug-likeness (QED) is 0.473. The SMILES string of the molecule is CCCCn1c(=O)[nH]c(=O)c2c1nc(COc1ccc(-c3nnco3)cc1)n2CC. The van der Waals surface area contributed by atoms with E-state index in [1.54, 1.807) is 16.7 Å². The zero-order valence-electron chi connectivity index (χ0n) is 16.8. The summed E-state index contributed by atoms with van der Waals surface area (Å²) in [5, 5.41) is 7.53. The van der Waals surface area contributed by atoms with Crippen LogP contribution in [0.4, 0.5) is 0 Å². The van der Waals surface area contributed by atoms with Crippen molar-refractivity contribution in [3.05, 3.63) is 57.3 Å². The highest BCUT2D eigenvalue weighted by Crippen LogP contribution is 2.21. The minimum atomic E-state index is -0.439. The molecule has 0 aliphatic rings.